The molecule has 1 aliphatic heterocycles. The monoisotopic (exact) mass is 398 g/mol. The molecule has 2 aromatic carbocycles. The van der Waals surface area contributed by atoms with Gasteiger partial charge >= 0.3 is 5.97 Å². The molecule has 9 heteroatoms. The van der Waals surface area contributed by atoms with Crippen LogP contribution in [-0.2, 0) is 11.8 Å². The number of esters is 1. The molecule has 3 aromatic rings. The number of anilines is 1. The van der Waals surface area contributed by atoms with Crippen molar-refractivity contribution in [3.05, 3.63) is 76.9 Å². The van der Waals surface area contributed by atoms with Gasteiger partial charge in [-0.15, -0.1) is 0 Å². The number of hydrogen-bond donors (Lipinski definition) is 1. The van der Waals surface area contributed by atoms with Crippen molar-refractivity contribution in [2.45, 2.75) is 12.0 Å². The average molecular weight is 398 g/mol. The number of rotatable bonds is 3. The van der Waals surface area contributed by atoms with Crippen molar-refractivity contribution in [2.75, 3.05) is 12.4 Å². The van der Waals surface area contributed by atoms with E-state index in [1.54, 1.807) is 7.05 Å². The van der Waals surface area contributed by atoms with Crippen molar-refractivity contribution < 1.29 is 23.1 Å². The van der Waals surface area contributed by atoms with Gasteiger partial charge in [-0.05, 0) is 29.8 Å². The summed E-state index contributed by atoms with van der Waals surface area (Å²) in [6.07, 6.45) is 1.31. The van der Waals surface area contributed by atoms with Gasteiger partial charge in [-0.2, -0.15) is 5.10 Å². The minimum absolute atomic E-state index is 0.0182. The fourth-order valence-electron chi connectivity index (χ4n) is 3.61. The number of Topliss-reactive ketones (excluding diaryl/α,β-unsaturated/α-hetero) is 1. The van der Waals surface area contributed by atoms with Gasteiger partial charge in [0.2, 0.25) is 0 Å². The fraction of sp³-hybridized carbons (Fsp3) is 0.200. The Morgan fingerprint density at radius 3 is 2.52 bits per heavy atom. The molecule has 2 heterocycles. The molecule has 0 fully saturated rings. The number of carbonyl (C=O) groups excluding carboxylic acids is 2. The van der Waals surface area contributed by atoms with Crippen LogP contribution in [0.3, 0.4) is 0 Å². The third-order valence-corrected chi connectivity index (χ3v) is 4.94. The second-order valence-electron chi connectivity index (χ2n) is 6.62. The predicted molar refractivity (Wildman–Crippen MR) is 98.6 cm³/mol. The lowest BCUT2D eigenvalue weighted by Gasteiger charge is -2.34. The maximum atomic E-state index is 14.2. The molecule has 0 spiro atoms. The molecule has 0 amide bonds. The highest BCUT2D eigenvalue weighted by Crippen LogP contribution is 2.43. The number of halogens is 2. The third-order valence-electron chi connectivity index (χ3n) is 4.94. The summed E-state index contributed by atoms with van der Waals surface area (Å²) < 4.78 is 33.8. The second kappa shape index (κ2) is 7.08. The summed E-state index contributed by atoms with van der Waals surface area (Å²) in [6.45, 7) is 0. The molecule has 7 nitrogen and oxygen atoms in total. The quantitative estimate of drug-likeness (QED) is 0.683. The topological polar surface area (TPSA) is 86.1 Å². The number of fused-ring (bicyclic) bond motifs is 1. The van der Waals surface area contributed by atoms with Crippen molar-refractivity contribution in [3.63, 3.8) is 0 Å². The predicted octanol–water partition coefficient (Wildman–Crippen LogP) is 3.01. The Labute approximate surface area is 164 Å². The van der Waals surface area contributed by atoms with Gasteiger partial charge in [0.15, 0.2) is 5.78 Å². The lowest BCUT2D eigenvalue weighted by molar-refractivity contribution is 0.0595. The van der Waals surface area contributed by atoms with Crippen LogP contribution in [0.5, 0.6) is 0 Å². The molecule has 148 valence electrons. The van der Waals surface area contributed by atoms with Gasteiger partial charge in [0.05, 0.1) is 24.3 Å². The van der Waals surface area contributed by atoms with Gasteiger partial charge < -0.3 is 10.1 Å². The SMILES string of the molecule is COC(=O)c1cc(F)cc2c1C(=O)[C@H](c1ncnn1C)C(c1ccc(F)cc1)N2. The molecule has 29 heavy (non-hydrogen) atoms. The van der Waals surface area contributed by atoms with E-state index in [2.05, 4.69) is 15.4 Å². The lowest BCUT2D eigenvalue weighted by Crippen LogP contribution is -2.35. The molecule has 0 saturated heterocycles. The van der Waals surface area contributed by atoms with Gasteiger partial charge in [0, 0.05) is 12.7 Å². The minimum atomic E-state index is -0.880. The van der Waals surface area contributed by atoms with Crippen LogP contribution in [0.2, 0.25) is 0 Å². The number of nitrogens with zero attached hydrogens (tertiary/aromatic N) is 3. The highest BCUT2D eigenvalue weighted by Gasteiger charge is 2.42. The van der Waals surface area contributed by atoms with Crippen molar-refractivity contribution in [1.82, 2.24) is 14.8 Å². The normalized spacial score (nSPS) is 18.1. The van der Waals surface area contributed by atoms with Crippen LogP contribution in [0.15, 0.2) is 42.7 Å². The molecular weight excluding hydrogens is 382 g/mol. The Kier molecular flexibility index (Phi) is 4.57. The van der Waals surface area contributed by atoms with Gasteiger partial charge in [-0.3, -0.25) is 9.48 Å². The van der Waals surface area contributed by atoms with Crippen molar-refractivity contribution in [1.29, 1.82) is 0 Å². The van der Waals surface area contributed by atoms with Gasteiger partial charge in [0.25, 0.3) is 0 Å². The number of ether oxygens (including phenoxy) is 1. The van der Waals surface area contributed by atoms with E-state index < -0.39 is 35.3 Å². The molecule has 0 bridgehead atoms. The standard InChI is InChI=1S/C20H16F2N4O3/c1-26-19(23-9-24-26)16-17(10-3-5-11(21)6-4-10)25-14-8-12(22)7-13(20(28)29-2)15(14)18(16)27/h3-9,16-17,25H,1-2H3/t16-,17?/m1/s1. The van der Waals surface area contributed by atoms with Crippen LogP contribution in [0.25, 0.3) is 0 Å². The molecular formula is C20H16F2N4O3. The van der Waals surface area contributed by atoms with Crippen molar-refractivity contribution >= 4 is 17.4 Å². The number of ketones is 1. The molecule has 0 radical (unpaired) electrons. The van der Waals surface area contributed by atoms with E-state index in [1.807, 2.05) is 0 Å². The largest absolute Gasteiger partial charge is 0.465 e. The number of nitrogens with one attached hydrogen (secondary N) is 1. The Hall–Kier alpha value is -3.62. The first-order chi connectivity index (χ1) is 13.9. The molecule has 1 aliphatic rings. The first-order valence-corrected chi connectivity index (χ1v) is 8.72. The highest BCUT2D eigenvalue weighted by molar-refractivity contribution is 6.14. The van der Waals surface area contributed by atoms with Crippen molar-refractivity contribution in [2.24, 2.45) is 7.05 Å². The van der Waals surface area contributed by atoms with Crippen LogP contribution in [0.4, 0.5) is 14.5 Å². The fourth-order valence-corrected chi connectivity index (χ4v) is 3.61. The molecule has 0 aliphatic carbocycles. The zero-order valence-corrected chi connectivity index (χ0v) is 15.5. The Morgan fingerprint density at radius 2 is 1.90 bits per heavy atom. The molecule has 0 saturated carbocycles. The molecule has 1 unspecified atom stereocenters. The maximum absolute atomic E-state index is 14.2. The van der Waals surface area contributed by atoms with Gasteiger partial charge in [0.1, 0.15) is 29.7 Å². The van der Waals surface area contributed by atoms with Crippen molar-refractivity contribution in [3.8, 4) is 0 Å². The van der Waals surface area contributed by atoms with E-state index in [9.17, 15) is 18.4 Å². The number of hydrogen-bond acceptors (Lipinski definition) is 6. The first-order valence-electron chi connectivity index (χ1n) is 8.72. The number of benzene rings is 2. The number of methoxy groups -OCH3 is 1. The summed E-state index contributed by atoms with van der Waals surface area (Å²) in [5, 5.41) is 7.14. The summed E-state index contributed by atoms with van der Waals surface area (Å²) in [5.41, 5.74) is 0.597. The number of aromatic nitrogens is 3. The van der Waals surface area contributed by atoms with E-state index in [1.165, 1.54) is 35.3 Å². The Morgan fingerprint density at radius 1 is 1.17 bits per heavy atom. The minimum Gasteiger partial charge on any atom is -0.465 e. The van der Waals surface area contributed by atoms with Gasteiger partial charge in [-0.1, -0.05) is 12.1 Å². The molecule has 4 rings (SSSR count). The van der Waals surface area contributed by atoms with Gasteiger partial charge in [-0.25, -0.2) is 18.6 Å². The second-order valence-corrected chi connectivity index (χ2v) is 6.62. The van der Waals surface area contributed by atoms with E-state index in [0.29, 0.717) is 11.4 Å². The van der Waals surface area contributed by atoms with Crippen LogP contribution in [-0.4, -0.2) is 33.6 Å². The van der Waals surface area contributed by atoms with E-state index in [4.69, 9.17) is 4.74 Å². The smallest absolute Gasteiger partial charge is 0.338 e. The average Bonchev–Trinajstić information content (AvgIpc) is 3.12. The first kappa shape index (κ1) is 18.7. The third kappa shape index (κ3) is 3.14. The van der Waals surface area contributed by atoms with Crippen LogP contribution >= 0.6 is 0 Å². The molecule has 1 aromatic heterocycles. The van der Waals surface area contributed by atoms with E-state index in [-0.39, 0.29) is 16.8 Å². The van der Waals surface area contributed by atoms with Crippen LogP contribution in [0.1, 0.15) is 44.1 Å². The summed E-state index contributed by atoms with van der Waals surface area (Å²) in [5.74, 6) is -2.92. The summed E-state index contributed by atoms with van der Waals surface area (Å²) in [7, 11) is 2.79. The summed E-state index contributed by atoms with van der Waals surface area (Å²) >= 11 is 0. The zero-order valence-electron chi connectivity index (χ0n) is 15.5. The Bertz CT molecular complexity index is 1110. The maximum Gasteiger partial charge on any atom is 0.338 e. The highest BCUT2D eigenvalue weighted by atomic mass is 19.1. The van der Waals surface area contributed by atoms with E-state index >= 15 is 0 Å². The lowest BCUT2D eigenvalue weighted by atomic mass is 9.80. The van der Waals surface area contributed by atoms with Crippen LogP contribution in [0, 0.1) is 11.6 Å². The van der Waals surface area contributed by atoms with Crippen LogP contribution < -0.4 is 5.32 Å². The van der Waals surface area contributed by atoms with E-state index in [0.717, 1.165) is 19.2 Å². The summed E-state index contributed by atoms with van der Waals surface area (Å²) in [4.78, 5) is 29.9. The number of carbonyl (C=O) groups is 2. The summed E-state index contributed by atoms with van der Waals surface area (Å²) in [6, 6.07) is 7.06. The number of aryl methyl sites for hydroxylation is 1. The Balaban J connectivity index is 1.93. The molecule has 1 N–H and O–H groups in total. The molecule has 2 atom stereocenters. The zero-order chi connectivity index (χ0) is 20.7.